The topological polar surface area (TPSA) is 80.7 Å². The molecular formula is C25H30F2NO4-. The number of benzene rings is 1. The van der Waals surface area contributed by atoms with Crippen LogP contribution in [-0.2, 0) is 9.59 Å². The summed E-state index contributed by atoms with van der Waals surface area (Å²) >= 11 is 0. The first-order valence-corrected chi connectivity index (χ1v) is 11.0. The largest absolute Gasteiger partial charge is 0.550 e. The van der Waals surface area contributed by atoms with E-state index >= 15 is 0 Å². The first kappa shape index (κ1) is 25.5. The highest BCUT2D eigenvalue weighted by molar-refractivity contribution is 5.86. The number of hydrogen-bond donors (Lipinski definition) is 1. The van der Waals surface area contributed by atoms with Crippen LogP contribution < -0.4 is 5.11 Å². The Morgan fingerprint density at radius 1 is 1.28 bits per heavy atom. The molecular weight excluding hydrogens is 416 g/mol. The van der Waals surface area contributed by atoms with E-state index in [0.717, 1.165) is 10.5 Å². The maximum absolute atomic E-state index is 14.0. The summed E-state index contributed by atoms with van der Waals surface area (Å²) in [4.78, 5) is 23.6. The maximum Gasteiger partial charge on any atom is 0.327 e. The number of carbonyl (C=O) groups is 2. The number of rotatable bonds is 11. The van der Waals surface area contributed by atoms with Crippen molar-refractivity contribution in [1.29, 1.82) is 0 Å². The fourth-order valence-corrected chi connectivity index (χ4v) is 3.55. The first-order valence-electron chi connectivity index (χ1n) is 11.0. The number of hydrogen-bond acceptors (Lipinski definition) is 4. The number of carboxylic acids is 1. The number of unbranched alkanes of at least 4 members (excludes halogenated alkanes) is 3. The van der Waals surface area contributed by atoms with Crippen LogP contribution in [0.2, 0.25) is 0 Å². The molecule has 1 aromatic carbocycles. The van der Waals surface area contributed by atoms with E-state index in [1.165, 1.54) is 12.2 Å². The van der Waals surface area contributed by atoms with Gasteiger partial charge < -0.3 is 19.9 Å². The van der Waals surface area contributed by atoms with Crippen LogP contribution in [0.25, 0.3) is 0 Å². The van der Waals surface area contributed by atoms with E-state index in [1.54, 1.807) is 0 Å². The van der Waals surface area contributed by atoms with E-state index in [-0.39, 0.29) is 18.9 Å². The fourth-order valence-electron chi connectivity index (χ4n) is 3.55. The Kier molecular flexibility index (Phi) is 9.86. The molecule has 1 N–H and O–H groups in total. The van der Waals surface area contributed by atoms with E-state index in [1.807, 2.05) is 37.3 Å². The molecule has 1 aliphatic rings. The molecule has 32 heavy (non-hydrogen) atoms. The van der Waals surface area contributed by atoms with Gasteiger partial charge in [0.2, 0.25) is 0 Å². The van der Waals surface area contributed by atoms with Gasteiger partial charge in [0.15, 0.2) is 0 Å². The number of halogens is 2. The molecule has 1 aromatic rings. The van der Waals surface area contributed by atoms with Crippen LogP contribution in [0.4, 0.5) is 8.78 Å². The number of aliphatic hydroxyl groups is 1. The minimum Gasteiger partial charge on any atom is -0.550 e. The molecule has 1 amide bonds. The normalized spacial score (nSPS) is 19.6. The van der Waals surface area contributed by atoms with Crippen molar-refractivity contribution in [3.05, 3.63) is 48.0 Å². The molecule has 0 aliphatic carbocycles. The smallest absolute Gasteiger partial charge is 0.327 e. The summed E-state index contributed by atoms with van der Waals surface area (Å²) in [5.74, 6) is 0.127. The highest BCUT2D eigenvalue weighted by Gasteiger charge is 2.52. The number of alkyl halides is 2. The van der Waals surface area contributed by atoms with Gasteiger partial charge >= 0.3 is 5.92 Å². The van der Waals surface area contributed by atoms with Gasteiger partial charge in [0.05, 0.1) is 12.1 Å². The lowest BCUT2D eigenvalue weighted by atomic mass is 9.99. The summed E-state index contributed by atoms with van der Waals surface area (Å²) in [6.07, 6.45) is 4.14. The van der Waals surface area contributed by atoms with Crippen molar-refractivity contribution in [2.75, 3.05) is 6.54 Å². The molecule has 7 heteroatoms. The summed E-state index contributed by atoms with van der Waals surface area (Å²) < 4.78 is 28.0. The van der Waals surface area contributed by atoms with E-state index in [4.69, 9.17) is 0 Å². The van der Waals surface area contributed by atoms with Crippen molar-refractivity contribution in [2.45, 2.75) is 69.9 Å². The van der Waals surface area contributed by atoms with Crippen molar-refractivity contribution in [2.24, 2.45) is 5.92 Å². The Morgan fingerprint density at radius 2 is 1.97 bits per heavy atom. The average molecular weight is 447 g/mol. The third-order valence-corrected chi connectivity index (χ3v) is 5.51. The molecule has 1 aliphatic heterocycles. The van der Waals surface area contributed by atoms with Crippen molar-refractivity contribution in [3.63, 3.8) is 0 Å². The number of nitrogens with zero attached hydrogens (tertiary/aromatic N) is 1. The quantitative estimate of drug-likeness (QED) is 0.322. The highest BCUT2D eigenvalue weighted by atomic mass is 19.3. The van der Waals surface area contributed by atoms with Crippen LogP contribution in [0.1, 0.15) is 57.4 Å². The lowest BCUT2D eigenvalue weighted by Gasteiger charge is -2.22. The van der Waals surface area contributed by atoms with E-state index in [2.05, 4.69) is 11.8 Å². The second-order valence-corrected chi connectivity index (χ2v) is 8.24. The number of aliphatic carboxylic acids is 1. The third-order valence-electron chi connectivity index (χ3n) is 5.51. The molecule has 0 bridgehead atoms. The van der Waals surface area contributed by atoms with Gasteiger partial charge in [-0.3, -0.25) is 4.79 Å². The van der Waals surface area contributed by atoms with Crippen LogP contribution in [0.5, 0.6) is 0 Å². The minimum absolute atomic E-state index is 0.0299. The predicted molar refractivity (Wildman–Crippen MR) is 115 cm³/mol. The fraction of sp³-hybridized carbons (Fsp3) is 0.520. The molecule has 2 rings (SSSR count). The molecule has 0 radical (unpaired) electrons. The molecule has 1 heterocycles. The molecule has 3 atom stereocenters. The molecule has 0 saturated carbocycles. The summed E-state index contributed by atoms with van der Waals surface area (Å²) in [7, 11) is 0. The van der Waals surface area contributed by atoms with Crippen molar-refractivity contribution < 1.29 is 28.6 Å². The zero-order chi connectivity index (χ0) is 23.6. The summed E-state index contributed by atoms with van der Waals surface area (Å²) in [5, 5.41) is 20.8. The maximum atomic E-state index is 14.0. The van der Waals surface area contributed by atoms with Gasteiger partial charge in [0.1, 0.15) is 0 Å². The molecule has 2 unspecified atom stereocenters. The molecule has 174 valence electrons. The number of aliphatic hydroxyl groups excluding tert-OH is 1. The first-order chi connectivity index (χ1) is 15.2. The van der Waals surface area contributed by atoms with Crippen molar-refractivity contribution in [3.8, 4) is 11.8 Å². The zero-order valence-electron chi connectivity index (χ0n) is 18.3. The predicted octanol–water partition coefficient (Wildman–Crippen LogP) is 2.92. The Hall–Kier alpha value is -2.72. The highest BCUT2D eigenvalue weighted by Crippen LogP contribution is 2.34. The molecule has 1 fully saturated rings. The standard InChI is InChI=1S/C25H31F2NO4/c1-19(10-9-13-20-11-5-4-6-12-20)22(29)16-15-21-18-25(26,27)24(32)28(21)17-8-3-2-7-14-23(30)31/h4-6,11-12,15-16,19,21-22,29H,2-3,7-8,10,14,17-18H2,1H3,(H,30,31)/p-1/b16-15+/t19?,21-,22?/m0/s1. The monoisotopic (exact) mass is 446 g/mol. The van der Waals surface area contributed by atoms with Crippen LogP contribution in [-0.4, -0.2) is 46.5 Å². The van der Waals surface area contributed by atoms with Gasteiger partial charge in [0.25, 0.3) is 5.91 Å². The lowest BCUT2D eigenvalue weighted by molar-refractivity contribution is -0.305. The van der Waals surface area contributed by atoms with Gasteiger partial charge in [-0.15, -0.1) is 0 Å². The number of carboxylic acid groups (broad SMARTS) is 1. The average Bonchev–Trinajstić information content (AvgIpc) is 2.97. The second-order valence-electron chi connectivity index (χ2n) is 8.24. The molecule has 0 aromatic heterocycles. The Balaban J connectivity index is 1.87. The molecule has 1 saturated heterocycles. The van der Waals surface area contributed by atoms with Crippen molar-refractivity contribution >= 4 is 11.9 Å². The van der Waals surface area contributed by atoms with Crippen LogP contribution >= 0.6 is 0 Å². The van der Waals surface area contributed by atoms with E-state index < -0.39 is 36.4 Å². The Morgan fingerprint density at radius 3 is 2.66 bits per heavy atom. The molecule has 0 spiro atoms. The van der Waals surface area contributed by atoms with Crippen LogP contribution in [0.3, 0.4) is 0 Å². The summed E-state index contributed by atoms with van der Waals surface area (Å²) in [5.41, 5.74) is 0.881. The van der Waals surface area contributed by atoms with Gasteiger partial charge in [-0.2, -0.15) is 8.78 Å². The van der Waals surface area contributed by atoms with Gasteiger partial charge in [-0.05, 0) is 37.3 Å². The number of amides is 1. The van der Waals surface area contributed by atoms with Crippen LogP contribution in [0.15, 0.2) is 42.5 Å². The Labute approximate surface area is 188 Å². The lowest BCUT2D eigenvalue weighted by Crippen LogP contribution is -2.36. The second kappa shape index (κ2) is 12.4. The number of likely N-dealkylation sites (tertiary alicyclic amines) is 1. The van der Waals surface area contributed by atoms with E-state index in [9.17, 15) is 28.6 Å². The summed E-state index contributed by atoms with van der Waals surface area (Å²) in [6, 6.07) is 8.69. The van der Waals surface area contributed by atoms with Crippen molar-refractivity contribution in [1.82, 2.24) is 4.90 Å². The van der Waals surface area contributed by atoms with Crippen LogP contribution in [0, 0.1) is 17.8 Å². The number of carbonyl (C=O) groups excluding carboxylic acids is 2. The Bertz CT molecular complexity index is 844. The SMILES string of the molecule is CC(CC#Cc1ccccc1)C(O)/C=C/[C@H]1CC(F)(F)C(=O)N1CCCCCCC(=O)[O-]. The molecule has 5 nitrogen and oxygen atoms in total. The third kappa shape index (κ3) is 8.08. The van der Waals surface area contributed by atoms with Gasteiger partial charge in [-0.1, -0.05) is 62.0 Å². The van der Waals surface area contributed by atoms with E-state index in [0.29, 0.717) is 32.1 Å². The minimum atomic E-state index is -3.41. The van der Waals surface area contributed by atoms with Gasteiger partial charge in [-0.25, -0.2) is 0 Å². The van der Waals surface area contributed by atoms with Gasteiger partial charge in [0, 0.05) is 30.9 Å². The summed E-state index contributed by atoms with van der Waals surface area (Å²) in [6.45, 7) is 2.00. The zero-order valence-corrected chi connectivity index (χ0v) is 18.3.